The molecule has 138 valence electrons. The number of nitrogens with zero attached hydrogens (tertiary/aromatic N) is 4. The Hall–Kier alpha value is -2.58. The van der Waals surface area contributed by atoms with E-state index in [1.807, 2.05) is 30.5 Å². The zero-order valence-electron chi connectivity index (χ0n) is 14.8. The first kappa shape index (κ1) is 18.2. The molecule has 8 nitrogen and oxygen atoms in total. The summed E-state index contributed by atoms with van der Waals surface area (Å²) >= 11 is 6.09. The van der Waals surface area contributed by atoms with Gasteiger partial charge in [-0.25, -0.2) is 4.98 Å². The molecule has 0 amide bonds. The number of benzene rings is 1. The summed E-state index contributed by atoms with van der Waals surface area (Å²) in [4.78, 5) is 13.6. The molecule has 2 heterocycles. The summed E-state index contributed by atoms with van der Waals surface area (Å²) in [7, 11) is 0. The number of aryl methyl sites for hydroxylation is 1. The maximum atomic E-state index is 6.09. The van der Waals surface area contributed by atoms with Crippen molar-refractivity contribution in [1.82, 2.24) is 19.5 Å². The average molecular weight is 375 g/mol. The molecule has 1 unspecified atom stereocenters. The Balaban J connectivity index is 1.92. The van der Waals surface area contributed by atoms with Crippen molar-refractivity contribution in [1.29, 1.82) is 0 Å². The molecule has 0 fully saturated rings. The van der Waals surface area contributed by atoms with Crippen LogP contribution in [0.5, 0.6) is 0 Å². The number of nitrogen functional groups attached to an aromatic ring is 1. The Bertz CT molecular complexity index is 905. The molecule has 0 aliphatic heterocycles. The van der Waals surface area contributed by atoms with Gasteiger partial charge in [-0.2, -0.15) is 9.97 Å². The maximum Gasteiger partial charge on any atom is 0.226 e. The van der Waals surface area contributed by atoms with Gasteiger partial charge in [0, 0.05) is 25.7 Å². The Morgan fingerprint density at radius 2 is 2.08 bits per heavy atom. The van der Waals surface area contributed by atoms with Crippen LogP contribution in [-0.4, -0.2) is 32.1 Å². The number of rotatable bonds is 7. The summed E-state index contributed by atoms with van der Waals surface area (Å²) in [6.45, 7) is 5.78. The van der Waals surface area contributed by atoms with Crippen LogP contribution in [0.1, 0.15) is 19.4 Å². The second-order valence-electron chi connectivity index (χ2n) is 6.12. The van der Waals surface area contributed by atoms with Gasteiger partial charge in [-0.1, -0.05) is 23.7 Å². The van der Waals surface area contributed by atoms with Crippen molar-refractivity contribution in [2.75, 3.05) is 22.9 Å². The predicted octanol–water partition coefficient (Wildman–Crippen LogP) is 2.45. The molecule has 26 heavy (non-hydrogen) atoms. The lowest BCUT2D eigenvalue weighted by Crippen LogP contribution is -2.26. The maximum absolute atomic E-state index is 6.09. The number of hydrogen-bond donors (Lipinski definition) is 4. The number of anilines is 3. The van der Waals surface area contributed by atoms with E-state index in [-0.39, 0.29) is 6.04 Å². The smallest absolute Gasteiger partial charge is 0.226 e. The van der Waals surface area contributed by atoms with Crippen molar-refractivity contribution in [3.63, 3.8) is 0 Å². The Labute approximate surface area is 157 Å². The summed E-state index contributed by atoms with van der Waals surface area (Å²) in [5.41, 5.74) is 14.8. The first-order valence-corrected chi connectivity index (χ1v) is 8.86. The summed E-state index contributed by atoms with van der Waals surface area (Å²) in [5.74, 6) is 1.14. The van der Waals surface area contributed by atoms with E-state index >= 15 is 0 Å². The van der Waals surface area contributed by atoms with Gasteiger partial charge in [-0.3, -0.25) is 0 Å². The third-order valence-corrected chi connectivity index (χ3v) is 4.31. The lowest BCUT2D eigenvalue weighted by Gasteiger charge is -2.12. The highest BCUT2D eigenvalue weighted by Crippen LogP contribution is 2.25. The summed E-state index contributed by atoms with van der Waals surface area (Å²) in [5, 5.41) is 7.00. The van der Waals surface area contributed by atoms with Crippen molar-refractivity contribution >= 4 is 40.2 Å². The number of nitrogens with two attached hydrogens (primary N) is 2. The number of fused-ring (bicyclic) bond motifs is 1. The van der Waals surface area contributed by atoms with Crippen molar-refractivity contribution in [3.05, 3.63) is 35.1 Å². The summed E-state index contributed by atoms with van der Waals surface area (Å²) < 4.78 is 1.97. The molecule has 2 aromatic heterocycles. The fourth-order valence-corrected chi connectivity index (χ4v) is 2.74. The van der Waals surface area contributed by atoms with Crippen LogP contribution >= 0.6 is 11.6 Å². The molecule has 6 N–H and O–H groups in total. The zero-order chi connectivity index (χ0) is 18.7. The van der Waals surface area contributed by atoms with E-state index < -0.39 is 0 Å². The van der Waals surface area contributed by atoms with Gasteiger partial charge < -0.3 is 26.7 Å². The van der Waals surface area contributed by atoms with E-state index in [1.165, 1.54) is 0 Å². The van der Waals surface area contributed by atoms with Crippen LogP contribution in [0.2, 0.25) is 5.02 Å². The van der Waals surface area contributed by atoms with Gasteiger partial charge in [-0.15, -0.1) is 0 Å². The molecule has 0 radical (unpaired) electrons. The van der Waals surface area contributed by atoms with Gasteiger partial charge in [0.25, 0.3) is 0 Å². The minimum absolute atomic E-state index is 0.00643. The van der Waals surface area contributed by atoms with Crippen LogP contribution < -0.4 is 22.1 Å². The van der Waals surface area contributed by atoms with Crippen LogP contribution in [-0.2, 0) is 13.1 Å². The fourth-order valence-electron chi connectivity index (χ4n) is 2.55. The topological polar surface area (TPSA) is 120 Å². The highest BCUT2D eigenvalue weighted by molar-refractivity contribution is 6.33. The van der Waals surface area contributed by atoms with Crippen molar-refractivity contribution in [2.45, 2.75) is 33.0 Å². The number of hydrogen-bond acceptors (Lipinski definition) is 7. The molecule has 0 saturated heterocycles. The monoisotopic (exact) mass is 374 g/mol. The van der Waals surface area contributed by atoms with Crippen LogP contribution in [0.15, 0.2) is 24.5 Å². The van der Waals surface area contributed by atoms with Crippen molar-refractivity contribution < 1.29 is 0 Å². The molecule has 0 spiro atoms. The molecule has 0 bridgehead atoms. The van der Waals surface area contributed by atoms with Crippen LogP contribution in [0.25, 0.3) is 11.2 Å². The third kappa shape index (κ3) is 3.81. The number of aromatic nitrogens is 4. The van der Waals surface area contributed by atoms with Gasteiger partial charge in [0.2, 0.25) is 5.95 Å². The first-order chi connectivity index (χ1) is 12.5. The highest BCUT2D eigenvalue weighted by Gasteiger charge is 2.13. The van der Waals surface area contributed by atoms with E-state index in [2.05, 4.69) is 25.6 Å². The minimum atomic E-state index is -0.00643. The second-order valence-corrected chi connectivity index (χ2v) is 6.53. The highest BCUT2D eigenvalue weighted by atomic mass is 35.5. The molecular formula is C17H23ClN8. The van der Waals surface area contributed by atoms with E-state index in [0.29, 0.717) is 41.1 Å². The van der Waals surface area contributed by atoms with Gasteiger partial charge in [0.05, 0.1) is 17.0 Å². The second kappa shape index (κ2) is 7.76. The zero-order valence-corrected chi connectivity index (χ0v) is 15.6. The molecule has 0 aliphatic rings. The number of imidazole rings is 1. The standard InChI is InChI=1S/C17H23ClN8/c1-3-26-9-23-14-15(21-8-11-5-4-6-12(18)13(11)20)24-17(25-16(14)26)22-7-10(2)19/h4-6,9-10H,3,7-8,19-20H2,1-2H3,(H2,21,22,24,25). The van der Waals surface area contributed by atoms with Gasteiger partial charge in [-0.05, 0) is 25.5 Å². The quantitative estimate of drug-likeness (QED) is 0.469. The lowest BCUT2D eigenvalue weighted by atomic mass is 10.2. The normalized spacial score (nSPS) is 12.3. The van der Waals surface area contributed by atoms with Crippen molar-refractivity contribution in [3.8, 4) is 0 Å². The number of halogens is 1. The van der Waals surface area contributed by atoms with Crippen molar-refractivity contribution in [2.24, 2.45) is 5.73 Å². The minimum Gasteiger partial charge on any atom is -0.397 e. The van der Waals surface area contributed by atoms with Gasteiger partial charge in [0.1, 0.15) is 0 Å². The van der Waals surface area contributed by atoms with E-state index in [1.54, 1.807) is 12.4 Å². The molecule has 0 saturated carbocycles. The third-order valence-electron chi connectivity index (χ3n) is 3.98. The van der Waals surface area contributed by atoms with Crippen LogP contribution in [0.4, 0.5) is 17.5 Å². The summed E-state index contributed by atoms with van der Waals surface area (Å²) in [6, 6.07) is 5.55. The molecule has 0 aliphatic carbocycles. The van der Waals surface area contributed by atoms with Crippen LogP contribution in [0, 0.1) is 0 Å². The van der Waals surface area contributed by atoms with Gasteiger partial charge >= 0.3 is 0 Å². The van der Waals surface area contributed by atoms with E-state index in [0.717, 1.165) is 17.8 Å². The average Bonchev–Trinajstić information content (AvgIpc) is 3.04. The molecule has 3 aromatic rings. The SMILES string of the molecule is CCn1cnc2c(NCc3cccc(Cl)c3N)nc(NCC(C)N)nc21. The molecule has 1 atom stereocenters. The van der Waals surface area contributed by atoms with E-state index in [9.17, 15) is 0 Å². The lowest BCUT2D eigenvalue weighted by molar-refractivity contribution is 0.766. The first-order valence-electron chi connectivity index (χ1n) is 8.48. The largest absolute Gasteiger partial charge is 0.397 e. The molecule has 3 rings (SSSR count). The molecule has 1 aromatic carbocycles. The van der Waals surface area contributed by atoms with E-state index in [4.69, 9.17) is 23.1 Å². The Kier molecular flexibility index (Phi) is 5.43. The molecule has 9 heteroatoms. The molecular weight excluding hydrogens is 352 g/mol. The summed E-state index contributed by atoms with van der Waals surface area (Å²) in [6.07, 6.45) is 1.76. The number of para-hydroxylation sites is 1. The number of nitrogens with one attached hydrogen (secondary N) is 2. The van der Waals surface area contributed by atoms with Gasteiger partial charge in [0.15, 0.2) is 17.0 Å². The fraction of sp³-hybridized carbons (Fsp3) is 0.353. The Morgan fingerprint density at radius 1 is 1.27 bits per heavy atom. The Morgan fingerprint density at radius 3 is 2.81 bits per heavy atom. The van der Waals surface area contributed by atoms with Crippen LogP contribution in [0.3, 0.4) is 0 Å². The predicted molar refractivity (Wildman–Crippen MR) is 106 cm³/mol.